The summed E-state index contributed by atoms with van der Waals surface area (Å²) in [6.07, 6.45) is 3.30. The monoisotopic (exact) mass is 374 g/mol. The summed E-state index contributed by atoms with van der Waals surface area (Å²) in [4.78, 5) is 0. The molecule has 0 saturated heterocycles. The highest BCUT2D eigenvalue weighted by molar-refractivity contribution is 7.92. The quantitative estimate of drug-likeness (QED) is 0.696. The van der Waals surface area contributed by atoms with Gasteiger partial charge >= 0.3 is 0 Å². The maximum absolute atomic E-state index is 11.4. The van der Waals surface area contributed by atoms with Crippen LogP contribution in [0.3, 0.4) is 0 Å². The molecule has 3 rings (SSSR count). The van der Waals surface area contributed by atoms with E-state index in [-0.39, 0.29) is 5.54 Å². The zero-order valence-electron chi connectivity index (χ0n) is 15.2. The topological polar surface area (TPSA) is 78.4 Å². The van der Waals surface area contributed by atoms with Crippen LogP contribution in [0.5, 0.6) is 0 Å². The van der Waals surface area contributed by atoms with E-state index in [0.717, 1.165) is 25.5 Å². The van der Waals surface area contributed by atoms with Gasteiger partial charge in [-0.3, -0.25) is 4.72 Å². The molecule has 6 heteroatoms. The van der Waals surface area contributed by atoms with Crippen LogP contribution in [0.4, 0.5) is 5.69 Å². The van der Waals surface area contributed by atoms with Gasteiger partial charge in [-0.05, 0) is 48.1 Å². The number of aliphatic hydroxyl groups excluding tert-OH is 1. The predicted octanol–water partition coefficient (Wildman–Crippen LogP) is 2.63. The highest BCUT2D eigenvalue weighted by Crippen LogP contribution is 2.32. The summed E-state index contributed by atoms with van der Waals surface area (Å²) in [5, 5.41) is 14.2. The van der Waals surface area contributed by atoms with Gasteiger partial charge in [-0.15, -0.1) is 0 Å². The van der Waals surface area contributed by atoms with Gasteiger partial charge in [0.05, 0.1) is 12.4 Å². The largest absolute Gasteiger partial charge is 0.387 e. The lowest BCUT2D eigenvalue weighted by Crippen LogP contribution is -2.47. The molecule has 0 radical (unpaired) electrons. The summed E-state index contributed by atoms with van der Waals surface area (Å²) in [6.45, 7) is 2.59. The molecular weight excluding hydrogens is 348 g/mol. The molecule has 5 nitrogen and oxygen atoms in total. The Bertz CT molecular complexity index is 855. The number of rotatable bonds is 7. The van der Waals surface area contributed by atoms with Crippen molar-refractivity contribution in [1.29, 1.82) is 0 Å². The molecule has 0 bridgehead atoms. The molecule has 0 saturated carbocycles. The van der Waals surface area contributed by atoms with Gasteiger partial charge in [0.1, 0.15) is 0 Å². The Morgan fingerprint density at radius 2 is 1.77 bits per heavy atom. The van der Waals surface area contributed by atoms with Crippen LogP contribution in [-0.4, -0.2) is 31.9 Å². The fraction of sp³-hybridized carbons (Fsp3) is 0.400. The first-order valence-electron chi connectivity index (χ1n) is 8.88. The number of sulfonamides is 1. The van der Waals surface area contributed by atoms with Crippen molar-refractivity contribution in [3.8, 4) is 0 Å². The van der Waals surface area contributed by atoms with E-state index < -0.39 is 16.1 Å². The second-order valence-corrected chi connectivity index (χ2v) is 8.90. The highest BCUT2D eigenvalue weighted by atomic mass is 32.2. The third-order valence-corrected chi connectivity index (χ3v) is 5.70. The van der Waals surface area contributed by atoms with Gasteiger partial charge in [-0.25, -0.2) is 8.42 Å². The van der Waals surface area contributed by atoms with Crippen LogP contribution in [0, 0.1) is 0 Å². The van der Waals surface area contributed by atoms with Crippen molar-refractivity contribution in [2.75, 3.05) is 17.5 Å². The van der Waals surface area contributed by atoms with E-state index in [2.05, 4.69) is 41.2 Å². The van der Waals surface area contributed by atoms with Gasteiger partial charge in [0.25, 0.3) is 0 Å². The number of anilines is 1. The van der Waals surface area contributed by atoms with E-state index in [0.29, 0.717) is 17.8 Å². The van der Waals surface area contributed by atoms with Crippen molar-refractivity contribution in [3.05, 3.63) is 65.2 Å². The molecule has 0 spiro atoms. The molecule has 26 heavy (non-hydrogen) atoms. The number of hydrogen-bond donors (Lipinski definition) is 3. The predicted molar refractivity (Wildman–Crippen MR) is 105 cm³/mol. The summed E-state index contributed by atoms with van der Waals surface area (Å²) in [5.74, 6) is 0. The van der Waals surface area contributed by atoms with Crippen molar-refractivity contribution in [2.24, 2.45) is 0 Å². The van der Waals surface area contributed by atoms with Crippen LogP contribution >= 0.6 is 0 Å². The molecule has 1 atom stereocenters. The number of nitrogens with one attached hydrogen (secondary N) is 2. The summed E-state index contributed by atoms with van der Waals surface area (Å²) in [6, 6.07) is 15.4. The molecule has 3 N–H and O–H groups in total. The molecule has 0 fully saturated rings. The smallest absolute Gasteiger partial charge is 0.229 e. The molecule has 0 heterocycles. The van der Waals surface area contributed by atoms with Gasteiger partial charge in [-0.1, -0.05) is 43.3 Å². The third-order valence-electron chi connectivity index (χ3n) is 5.10. The van der Waals surface area contributed by atoms with Gasteiger partial charge in [0.15, 0.2) is 0 Å². The first-order chi connectivity index (χ1) is 12.3. The summed E-state index contributed by atoms with van der Waals surface area (Å²) in [5.41, 5.74) is 3.86. The van der Waals surface area contributed by atoms with E-state index in [9.17, 15) is 13.5 Å². The fourth-order valence-electron chi connectivity index (χ4n) is 3.65. The Morgan fingerprint density at radius 1 is 1.12 bits per heavy atom. The molecule has 0 amide bonds. The molecule has 0 aliphatic heterocycles. The summed E-state index contributed by atoms with van der Waals surface area (Å²) in [7, 11) is -3.34. The Morgan fingerprint density at radius 3 is 2.35 bits per heavy atom. The number of fused-ring (bicyclic) bond motifs is 1. The zero-order chi connectivity index (χ0) is 18.8. The zero-order valence-corrected chi connectivity index (χ0v) is 16.0. The minimum atomic E-state index is -3.34. The number of benzene rings is 2. The Balaban J connectivity index is 1.67. The van der Waals surface area contributed by atoms with Gasteiger partial charge < -0.3 is 10.4 Å². The molecule has 0 aromatic heterocycles. The van der Waals surface area contributed by atoms with Crippen LogP contribution in [0.25, 0.3) is 0 Å². The first kappa shape index (κ1) is 18.9. The van der Waals surface area contributed by atoms with Crippen molar-refractivity contribution in [1.82, 2.24) is 5.32 Å². The minimum absolute atomic E-state index is 0.0344. The van der Waals surface area contributed by atoms with Crippen LogP contribution in [-0.2, 0) is 22.9 Å². The SMILES string of the molecule is CCC1(NCC(O)c2cccc(NS(C)(=O)=O)c2)Cc2ccccc2C1. The molecule has 140 valence electrons. The van der Waals surface area contributed by atoms with E-state index >= 15 is 0 Å². The lowest BCUT2D eigenvalue weighted by atomic mass is 9.92. The number of β-amino-alcohol motifs (C(OH)–C–C–N with tert-alkyl or cyclic N) is 1. The van der Waals surface area contributed by atoms with Crippen LogP contribution in [0.1, 0.15) is 36.1 Å². The maximum Gasteiger partial charge on any atom is 0.229 e. The van der Waals surface area contributed by atoms with Crippen molar-refractivity contribution >= 4 is 15.7 Å². The van der Waals surface area contributed by atoms with Gasteiger partial charge in [-0.2, -0.15) is 0 Å². The van der Waals surface area contributed by atoms with Gasteiger partial charge in [0, 0.05) is 17.8 Å². The number of hydrogen-bond acceptors (Lipinski definition) is 4. The van der Waals surface area contributed by atoms with Crippen LogP contribution in [0.2, 0.25) is 0 Å². The molecular formula is C20H26N2O3S. The van der Waals surface area contributed by atoms with E-state index in [1.807, 2.05) is 6.07 Å². The van der Waals surface area contributed by atoms with Crippen LogP contribution < -0.4 is 10.0 Å². The Hall–Kier alpha value is -1.89. The van der Waals surface area contributed by atoms with E-state index in [1.54, 1.807) is 18.2 Å². The Kier molecular flexibility index (Phi) is 5.37. The molecule has 2 aromatic rings. The third kappa shape index (κ3) is 4.44. The molecule has 1 aliphatic carbocycles. The van der Waals surface area contributed by atoms with E-state index in [4.69, 9.17) is 0 Å². The second kappa shape index (κ2) is 7.39. The standard InChI is InChI=1S/C20H26N2O3S/c1-3-20(12-16-7-4-5-8-17(16)13-20)21-14-19(23)15-9-6-10-18(11-15)22-26(2,24)25/h4-11,19,21-23H,3,12-14H2,1-2H3. The minimum Gasteiger partial charge on any atom is -0.387 e. The molecule has 2 aromatic carbocycles. The maximum atomic E-state index is 11.4. The van der Waals surface area contributed by atoms with E-state index in [1.165, 1.54) is 11.1 Å². The second-order valence-electron chi connectivity index (χ2n) is 7.15. The van der Waals surface area contributed by atoms with Gasteiger partial charge in [0.2, 0.25) is 10.0 Å². The fourth-order valence-corrected chi connectivity index (χ4v) is 4.20. The average molecular weight is 375 g/mol. The van der Waals surface area contributed by atoms with Crippen LogP contribution in [0.15, 0.2) is 48.5 Å². The molecule has 1 aliphatic rings. The normalized spacial score (nSPS) is 16.9. The highest BCUT2D eigenvalue weighted by Gasteiger charge is 2.35. The van der Waals surface area contributed by atoms with Crippen molar-refractivity contribution in [3.63, 3.8) is 0 Å². The molecule has 1 unspecified atom stereocenters. The number of aliphatic hydroxyl groups is 1. The van der Waals surface area contributed by atoms with Crippen molar-refractivity contribution < 1.29 is 13.5 Å². The first-order valence-corrected chi connectivity index (χ1v) is 10.8. The lowest BCUT2D eigenvalue weighted by Gasteiger charge is -2.30. The summed E-state index contributed by atoms with van der Waals surface area (Å²) >= 11 is 0. The summed E-state index contributed by atoms with van der Waals surface area (Å²) < 4.78 is 25.2. The average Bonchev–Trinajstić information content (AvgIpc) is 2.97. The van der Waals surface area contributed by atoms with Crippen molar-refractivity contribution in [2.45, 2.75) is 37.8 Å². The Labute approximate surface area is 155 Å². The lowest BCUT2D eigenvalue weighted by molar-refractivity contribution is 0.155.